The molecule has 0 heterocycles. The molecule has 0 aliphatic heterocycles. The van der Waals surface area contributed by atoms with E-state index in [1.165, 1.54) is 14.2 Å². The molecular formula is C8H15NO5. The Bertz CT molecular complexity index is 194. The average molecular weight is 205 g/mol. The van der Waals surface area contributed by atoms with E-state index in [2.05, 4.69) is 10.1 Å². The number of nitrogens with one attached hydrogen (secondary N) is 1. The predicted molar refractivity (Wildman–Crippen MR) is 47.6 cm³/mol. The van der Waals surface area contributed by atoms with Crippen molar-refractivity contribution in [3.63, 3.8) is 0 Å². The summed E-state index contributed by atoms with van der Waals surface area (Å²) in [5.74, 6) is -0.566. The van der Waals surface area contributed by atoms with Crippen LogP contribution in [0.2, 0.25) is 0 Å². The monoisotopic (exact) mass is 205 g/mol. The van der Waals surface area contributed by atoms with E-state index >= 15 is 0 Å². The van der Waals surface area contributed by atoms with E-state index in [1.807, 2.05) is 0 Å². The molecule has 1 N–H and O–H groups in total. The number of carbonyl (C=O) groups is 2. The number of hydrogen-bond acceptors (Lipinski definition) is 5. The standard InChI is InChI=1S/C8H15NO5/c1-4-7(14-8(11)9-2)13-6(10)5-12-3/h7H,4-5H2,1-3H3,(H,9,11). The lowest BCUT2D eigenvalue weighted by Crippen LogP contribution is -2.30. The third kappa shape index (κ3) is 5.36. The molecule has 0 aliphatic rings. The maximum Gasteiger partial charge on any atom is 0.409 e. The number of carbonyl (C=O) groups excluding carboxylic acids is 2. The first-order valence-electron chi connectivity index (χ1n) is 4.20. The van der Waals surface area contributed by atoms with Crippen molar-refractivity contribution in [3.05, 3.63) is 0 Å². The van der Waals surface area contributed by atoms with Gasteiger partial charge in [-0.25, -0.2) is 9.59 Å². The Labute approximate surface area is 82.5 Å². The van der Waals surface area contributed by atoms with E-state index in [0.717, 1.165) is 0 Å². The number of esters is 1. The van der Waals surface area contributed by atoms with Crippen molar-refractivity contribution in [1.82, 2.24) is 5.32 Å². The van der Waals surface area contributed by atoms with Crippen molar-refractivity contribution in [2.75, 3.05) is 20.8 Å². The normalized spacial score (nSPS) is 11.6. The minimum absolute atomic E-state index is 0.159. The second kappa shape index (κ2) is 7.14. The SMILES string of the molecule is CCC(OC(=O)COC)OC(=O)NC. The molecule has 6 heteroatoms. The Hall–Kier alpha value is -1.30. The van der Waals surface area contributed by atoms with Crippen molar-refractivity contribution in [2.24, 2.45) is 0 Å². The van der Waals surface area contributed by atoms with Gasteiger partial charge in [-0.1, -0.05) is 6.92 Å². The first kappa shape index (κ1) is 12.7. The molecule has 0 saturated heterocycles. The summed E-state index contributed by atoms with van der Waals surface area (Å²) in [6.07, 6.45) is -1.11. The minimum atomic E-state index is -0.863. The number of methoxy groups -OCH3 is 1. The van der Waals surface area contributed by atoms with Gasteiger partial charge in [0, 0.05) is 20.6 Å². The third-order valence-electron chi connectivity index (χ3n) is 1.30. The van der Waals surface area contributed by atoms with Crippen molar-refractivity contribution in [3.8, 4) is 0 Å². The molecule has 0 radical (unpaired) electrons. The fourth-order valence-electron chi connectivity index (χ4n) is 0.668. The van der Waals surface area contributed by atoms with Gasteiger partial charge in [0.25, 0.3) is 0 Å². The van der Waals surface area contributed by atoms with Crippen molar-refractivity contribution >= 4 is 12.1 Å². The smallest absolute Gasteiger partial charge is 0.409 e. The highest BCUT2D eigenvalue weighted by Crippen LogP contribution is 2.01. The Morgan fingerprint density at radius 3 is 2.43 bits per heavy atom. The molecule has 0 rings (SSSR count). The maximum atomic E-state index is 10.9. The molecule has 0 aromatic rings. The summed E-state index contributed by atoms with van der Waals surface area (Å²) >= 11 is 0. The van der Waals surface area contributed by atoms with Crippen LogP contribution in [-0.2, 0) is 19.0 Å². The quantitative estimate of drug-likeness (QED) is 0.515. The summed E-state index contributed by atoms with van der Waals surface area (Å²) in [5.41, 5.74) is 0. The molecule has 1 unspecified atom stereocenters. The van der Waals surface area contributed by atoms with Gasteiger partial charge >= 0.3 is 12.1 Å². The molecule has 0 bridgehead atoms. The van der Waals surface area contributed by atoms with Crippen LogP contribution in [0.1, 0.15) is 13.3 Å². The van der Waals surface area contributed by atoms with Crippen molar-refractivity contribution in [2.45, 2.75) is 19.6 Å². The van der Waals surface area contributed by atoms with E-state index in [4.69, 9.17) is 9.47 Å². The number of alkyl carbamates (subject to hydrolysis) is 1. The largest absolute Gasteiger partial charge is 0.423 e. The van der Waals surface area contributed by atoms with E-state index in [-0.39, 0.29) is 6.61 Å². The molecule has 14 heavy (non-hydrogen) atoms. The molecule has 6 nitrogen and oxygen atoms in total. The van der Waals surface area contributed by atoms with Crippen LogP contribution in [0.4, 0.5) is 4.79 Å². The fourth-order valence-corrected chi connectivity index (χ4v) is 0.668. The van der Waals surface area contributed by atoms with Crippen LogP contribution < -0.4 is 5.32 Å². The molecule has 0 spiro atoms. The molecule has 0 fully saturated rings. The summed E-state index contributed by atoms with van der Waals surface area (Å²) in [6.45, 7) is 1.57. The van der Waals surface area contributed by atoms with Gasteiger partial charge in [0.15, 0.2) is 0 Å². The van der Waals surface area contributed by atoms with E-state index in [0.29, 0.717) is 6.42 Å². The molecule has 0 aliphatic carbocycles. The lowest BCUT2D eigenvalue weighted by molar-refractivity contribution is -0.172. The molecule has 82 valence electrons. The zero-order chi connectivity index (χ0) is 11.0. The van der Waals surface area contributed by atoms with Crippen LogP contribution in [0.15, 0.2) is 0 Å². The molecule has 0 saturated carbocycles. The molecule has 0 aromatic heterocycles. The second-order valence-corrected chi connectivity index (χ2v) is 2.42. The Morgan fingerprint density at radius 1 is 1.36 bits per heavy atom. The fraction of sp³-hybridized carbons (Fsp3) is 0.750. The highest BCUT2D eigenvalue weighted by Gasteiger charge is 2.15. The Morgan fingerprint density at radius 2 is 2.00 bits per heavy atom. The third-order valence-corrected chi connectivity index (χ3v) is 1.30. The van der Waals surface area contributed by atoms with Crippen LogP contribution in [0.3, 0.4) is 0 Å². The van der Waals surface area contributed by atoms with Gasteiger partial charge < -0.3 is 19.5 Å². The molecular weight excluding hydrogens is 190 g/mol. The summed E-state index contributed by atoms with van der Waals surface area (Å²) < 4.78 is 14.0. The van der Waals surface area contributed by atoms with Crippen LogP contribution in [-0.4, -0.2) is 39.1 Å². The van der Waals surface area contributed by atoms with Gasteiger partial charge in [-0.3, -0.25) is 0 Å². The van der Waals surface area contributed by atoms with Crippen LogP contribution in [0.25, 0.3) is 0 Å². The zero-order valence-corrected chi connectivity index (χ0v) is 8.53. The van der Waals surface area contributed by atoms with Crippen molar-refractivity contribution < 1.29 is 23.8 Å². The molecule has 1 amide bonds. The maximum absolute atomic E-state index is 10.9. The molecule has 1 atom stereocenters. The number of ether oxygens (including phenoxy) is 3. The van der Waals surface area contributed by atoms with Crippen LogP contribution in [0.5, 0.6) is 0 Å². The Balaban J connectivity index is 3.89. The lowest BCUT2D eigenvalue weighted by atomic mass is 10.5. The predicted octanol–water partition coefficient (Wildman–Crippen LogP) is 0.268. The minimum Gasteiger partial charge on any atom is -0.423 e. The van der Waals surface area contributed by atoms with E-state index in [1.54, 1.807) is 6.92 Å². The summed E-state index contributed by atoms with van der Waals surface area (Å²) in [6, 6.07) is 0. The zero-order valence-electron chi connectivity index (χ0n) is 8.53. The van der Waals surface area contributed by atoms with E-state index < -0.39 is 18.4 Å². The average Bonchev–Trinajstić information content (AvgIpc) is 2.16. The Kier molecular flexibility index (Phi) is 6.47. The second-order valence-electron chi connectivity index (χ2n) is 2.42. The van der Waals surface area contributed by atoms with Gasteiger partial charge in [-0.05, 0) is 0 Å². The van der Waals surface area contributed by atoms with Gasteiger partial charge in [0.2, 0.25) is 6.29 Å². The van der Waals surface area contributed by atoms with E-state index in [9.17, 15) is 9.59 Å². The lowest BCUT2D eigenvalue weighted by Gasteiger charge is -2.15. The number of hydrogen-bond donors (Lipinski definition) is 1. The highest BCUT2D eigenvalue weighted by atomic mass is 16.7. The van der Waals surface area contributed by atoms with Gasteiger partial charge in [-0.15, -0.1) is 0 Å². The summed E-state index contributed by atoms with van der Waals surface area (Å²) in [5, 5.41) is 2.25. The number of amides is 1. The first-order valence-corrected chi connectivity index (χ1v) is 4.20. The number of rotatable bonds is 5. The van der Waals surface area contributed by atoms with Crippen LogP contribution >= 0.6 is 0 Å². The van der Waals surface area contributed by atoms with Gasteiger partial charge in [0.1, 0.15) is 6.61 Å². The van der Waals surface area contributed by atoms with Crippen LogP contribution in [0, 0.1) is 0 Å². The highest BCUT2D eigenvalue weighted by molar-refractivity contribution is 5.71. The first-order chi connectivity index (χ1) is 6.63. The topological polar surface area (TPSA) is 73.9 Å². The van der Waals surface area contributed by atoms with Gasteiger partial charge in [0.05, 0.1) is 0 Å². The molecule has 0 aromatic carbocycles. The van der Waals surface area contributed by atoms with Gasteiger partial charge in [-0.2, -0.15) is 0 Å². The summed E-state index contributed by atoms with van der Waals surface area (Å²) in [4.78, 5) is 21.7. The summed E-state index contributed by atoms with van der Waals surface area (Å²) in [7, 11) is 2.80. The van der Waals surface area contributed by atoms with Crippen molar-refractivity contribution in [1.29, 1.82) is 0 Å².